The molecule has 136 valence electrons. The number of amides is 2. The number of benzene rings is 1. The molecule has 0 aliphatic carbocycles. The van der Waals surface area contributed by atoms with Crippen LogP contribution in [0.5, 0.6) is 0 Å². The monoisotopic (exact) mass is 354 g/mol. The van der Waals surface area contributed by atoms with Crippen molar-refractivity contribution in [3.63, 3.8) is 0 Å². The minimum atomic E-state index is -0.150. The first-order chi connectivity index (χ1) is 12.4. The van der Waals surface area contributed by atoms with Crippen LogP contribution in [0.15, 0.2) is 29.1 Å². The van der Waals surface area contributed by atoms with Gasteiger partial charge in [0.2, 0.25) is 11.8 Å². The number of hydrogen-bond acceptors (Lipinski definition) is 4. The van der Waals surface area contributed by atoms with E-state index in [1.165, 1.54) is 4.90 Å². The van der Waals surface area contributed by atoms with E-state index < -0.39 is 0 Å². The first-order valence-electron chi connectivity index (χ1n) is 8.61. The Labute approximate surface area is 151 Å². The number of carbonyl (C=O) groups excluding carboxylic acids is 2. The van der Waals surface area contributed by atoms with E-state index in [2.05, 4.69) is 9.97 Å². The van der Waals surface area contributed by atoms with Crippen molar-refractivity contribution < 1.29 is 9.59 Å². The lowest BCUT2D eigenvalue weighted by Gasteiger charge is -2.34. The highest BCUT2D eigenvalue weighted by Crippen LogP contribution is 2.32. The van der Waals surface area contributed by atoms with Gasteiger partial charge < -0.3 is 14.8 Å². The SMILES string of the molecule is Cc1nc(C)c(CCCC(=O)N2CC(=O)N(C)c3ccccc32)c(=O)[nH]1. The predicted molar refractivity (Wildman–Crippen MR) is 99.5 cm³/mol. The normalized spacial score (nSPS) is 13.7. The van der Waals surface area contributed by atoms with E-state index in [4.69, 9.17) is 0 Å². The molecule has 3 rings (SSSR count). The second kappa shape index (κ2) is 7.11. The van der Waals surface area contributed by atoms with E-state index in [1.807, 2.05) is 24.3 Å². The molecule has 0 fully saturated rings. The third-order valence-electron chi connectivity index (χ3n) is 4.66. The van der Waals surface area contributed by atoms with Gasteiger partial charge in [-0.15, -0.1) is 0 Å². The Kier molecular flexibility index (Phi) is 4.88. The first kappa shape index (κ1) is 17.8. The number of anilines is 2. The van der Waals surface area contributed by atoms with Gasteiger partial charge in [0.15, 0.2) is 0 Å². The zero-order valence-electron chi connectivity index (χ0n) is 15.2. The molecule has 7 heteroatoms. The number of aromatic amines is 1. The minimum Gasteiger partial charge on any atom is -0.312 e. The molecule has 2 heterocycles. The van der Waals surface area contributed by atoms with Crippen LogP contribution in [-0.4, -0.2) is 35.4 Å². The van der Waals surface area contributed by atoms with Crippen LogP contribution in [0.25, 0.3) is 0 Å². The maximum absolute atomic E-state index is 12.7. The summed E-state index contributed by atoms with van der Waals surface area (Å²) in [5.41, 5.74) is 2.62. The van der Waals surface area contributed by atoms with Crippen molar-refractivity contribution in [3.05, 3.63) is 51.7 Å². The molecule has 1 aliphatic rings. The van der Waals surface area contributed by atoms with Gasteiger partial charge in [-0.05, 0) is 38.8 Å². The Balaban J connectivity index is 1.71. The molecule has 26 heavy (non-hydrogen) atoms. The van der Waals surface area contributed by atoms with Gasteiger partial charge in [0.1, 0.15) is 12.4 Å². The summed E-state index contributed by atoms with van der Waals surface area (Å²) in [6.45, 7) is 3.58. The maximum Gasteiger partial charge on any atom is 0.254 e. The predicted octanol–water partition coefficient (Wildman–Crippen LogP) is 1.72. The Morgan fingerprint density at radius 1 is 1.19 bits per heavy atom. The van der Waals surface area contributed by atoms with Gasteiger partial charge in [-0.25, -0.2) is 4.98 Å². The van der Waals surface area contributed by atoms with E-state index >= 15 is 0 Å². The average Bonchev–Trinajstić information content (AvgIpc) is 2.60. The van der Waals surface area contributed by atoms with Crippen LogP contribution in [0.1, 0.15) is 29.9 Å². The van der Waals surface area contributed by atoms with Crippen LogP contribution in [-0.2, 0) is 16.0 Å². The quantitative estimate of drug-likeness (QED) is 0.906. The Morgan fingerprint density at radius 3 is 2.58 bits per heavy atom. The van der Waals surface area contributed by atoms with Crippen LogP contribution in [0, 0.1) is 13.8 Å². The number of likely N-dealkylation sites (N-methyl/N-ethyl adjacent to an activating group) is 1. The molecule has 0 atom stereocenters. The van der Waals surface area contributed by atoms with Crippen molar-refractivity contribution in [2.24, 2.45) is 0 Å². The molecule has 1 aromatic heterocycles. The summed E-state index contributed by atoms with van der Waals surface area (Å²) in [6, 6.07) is 7.36. The Hall–Kier alpha value is -2.96. The van der Waals surface area contributed by atoms with Crippen molar-refractivity contribution >= 4 is 23.2 Å². The fourth-order valence-electron chi connectivity index (χ4n) is 3.26. The van der Waals surface area contributed by atoms with Gasteiger partial charge >= 0.3 is 0 Å². The molecule has 0 bridgehead atoms. The van der Waals surface area contributed by atoms with Crippen molar-refractivity contribution in [2.75, 3.05) is 23.4 Å². The summed E-state index contributed by atoms with van der Waals surface area (Å²) in [7, 11) is 1.71. The second-order valence-electron chi connectivity index (χ2n) is 6.49. The fourth-order valence-corrected chi connectivity index (χ4v) is 3.26. The number of nitrogens with one attached hydrogen (secondary N) is 1. The summed E-state index contributed by atoms with van der Waals surface area (Å²) in [5.74, 6) is 0.347. The molecule has 0 radical (unpaired) electrons. The number of nitrogens with zero attached hydrogens (tertiary/aromatic N) is 3. The van der Waals surface area contributed by atoms with E-state index in [1.54, 1.807) is 25.8 Å². The van der Waals surface area contributed by atoms with Crippen LogP contribution >= 0.6 is 0 Å². The maximum atomic E-state index is 12.7. The number of fused-ring (bicyclic) bond motifs is 1. The van der Waals surface area contributed by atoms with Gasteiger partial charge in [-0.2, -0.15) is 0 Å². The summed E-state index contributed by atoms with van der Waals surface area (Å²) in [4.78, 5) is 46.9. The highest BCUT2D eigenvalue weighted by Gasteiger charge is 2.29. The third-order valence-corrected chi connectivity index (χ3v) is 4.66. The molecule has 1 aliphatic heterocycles. The summed E-state index contributed by atoms with van der Waals surface area (Å²) in [6.07, 6.45) is 1.26. The largest absolute Gasteiger partial charge is 0.312 e. The summed E-state index contributed by atoms with van der Waals surface area (Å²) < 4.78 is 0. The van der Waals surface area contributed by atoms with E-state index in [-0.39, 0.29) is 30.3 Å². The summed E-state index contributed by atoms with van der Waals surface area (Å²) >= 11 is 0. The van der Waals surface area contributed by atoms with Crippen LogP contribution < -0.4 is 15.4 Å². The number of rotatable bonds is 4. The molecule has 1 N–H and O–H groups in total. The smallest absolute Gasteiger partial charge is 0.254 e. The number of aryl methyl sites for hydroxylation is 2. The highest BCUT2D eigenvalue weighted by atomic mass is 16.2. The highest BCUT2D eigenvalue weighted by molar-refractivity contribution is 6.10. The molecule has 2 amide bonds. The Morgan fingerprint density at radius 2 is 1.88 bits per heavy atom. The van der Waals surface area contributed by atoms with Gasteiger partial charge in [0.25, 0.3) is 5.56 Å². The number of carbonyl (C=O) groups is 2. The van der Waals surface area contributed by atoms with Gasteiger partial charge in [-0.1, -0.05) is 12.1 Å². The molecule has 7 nitrogen and oxygen atoms in total. The van der Waals surface area contributed by atoms with Crippen molar-refractivity contribution in [1.29, 1.82) is 0 Å². The molecule has 0 unspecified atom stereocenters. The van der Waals surface area contributed by atoms with Crippen molar-refractivity contribution in [1.82, 2.24) is 9.97 Å². The number of aromatic nitrogens is 2. The Bertz CT molecular complexity index is 919. The van der Waals surface area contributed by atoms with E-state index in [9.17, 15) is 14.4 Å². The lowest BCUT2D eigenvalue weighted by Crippen LogP contribution is -2.46. The van der Waals surface area contributed by atoms with Crippen molar-refractivity contribution in [2.45, 2.75) is 33.1 Å². The number of para-hydroxylation sites is 2. The van der Waals surface area contributed by atoms with Gasteiger partial charge in [-0.3, -0.25) is 14.4 Å². The van der Waals surface area contributed by atoms with Gasteiger partial charge in [0.05, 0.1) is 11.4 Å². The number of H-pyrrole nitrogens is 1. The molecular formula is C19H22N4O3. The molecule has 2 aromatic rings. The molecule has 0 spiro atoms. The molecular weight excluding hydrogens is 332 g/mol. The topological polar surface area (TPSA) is 86.4 Å². The average molecular weight is 354 g/mol. The zero-order chi connectivity index (χ0) is 18.8. The van der Waals surface area contributed by atoms with Gasteiger partial charge in [0, 0.05) is 24.7 Å². The lowest BCUT2D eigenvalue weighted by atomic mass is 10.1. The fraction of sp³-hybridized carbons (Fsp3) is 0.368. The van der Waals surface area contributed by atoms with Crippen LogP contribution in [0.4, 0.5) is 11.4 Å². The zero-order valence-corrected chi connectivity index (χ0v) is 15.2. The minimum absolute atomic E-state index is 0.0397. The molecule has 0 saturated carbocycles. The molecule has 1 aromatic carbocycles. The van der Waals surface area contributed by atoms with Crippen LogP contribution in [0.3, 0.4) is 0 Å². The standard InChI is InChI=1S/C19H22N4O3/c1-12-14(19(26)21-13(2)20-12)7-6-10-17(24)23-11-18(25)22(3)15-8-4-5-9-16(15)23/h4-5,8-9H,6-7,10-11H2,1-3H3,(H,20,21,26). The second-order valence-corrected chi connectivity index (χ2v) is 6.49. The van der Waals surface area contributed by atoms with Crippen molar-refractivity contribution in [3.8, 4) is 0 Å². The lowest BCUT2D eigenvalue weighted by molar-refractivity contribution is -0.122. The third kappa shape index (κ3) is 3.37. The first-order valence-corrected chi connectivity index (χ1v) is 8.61. The summed E-state index contributed by atoms with van der Waals surface area (Å²) in [5, 5.41) is 0. The molecule has 0 saturated heterocycles. The number of hydrogen-bond donors (Lipinski definition) is 1. The van der Waals surface area contributed by atoms with E-state index in [0.717, 1.165) is 11.4 Å². The van der Waals surface area contributed by atoms with E-state index in [0.29, 0.717) is 29.9 Å². The van der Waals surface area contributed by atoms with Crippen LogP contribution in [0.2, 0.25) is 0 Å².